The van der Waals surface area contributed by atoms with E-state index >= 15 is 0 Å². The van der Waals surface area contributed by atoms with E-state index in [-0.39, 0.29) is 12.1 Å². The number of fused-ring (bicyclic) bond motifs is 6. The maximum absolute atomic E-state index is 12.2. The van der Waals surface area contributed by atoms with Crippen LogP contribution in [-0.2, 0) is 16.4 Å². The molecule has 2 bridgehead atoms. The number of rotatable bonds is 3. The van der Waals surface area contributed by atoms with Crippen molar-refractivity contribution in [2.75, 3.05) is 13.4 Å². The van der Waals surface area contributed by atoms with Crippen LogP contribution in [0.1, 0.15) is 30.1 Å². The fourth-order valence-electron chi connectivity index (χ4n) is 4.45. The SMILES string of the molecule is COc1ccc(-c2cc3ncc4c(n3n2)C[C@H]2CC[C@H]4N2S(C)(=O)=O)cc1. The molecule has 2 aliphatic heterocycles. The number of hydrogen-bond acceptors (Lipinski definition) is 5. The quantitative estimate of drug-likeness (QED) is 0.693. The van der Waals surface area contributed by atoms with E-state index in [4.69, 9.17) is 9.84 Å². The van der Waals surface area contributed by atoms with E-state index in [0.29, 0.717) is 6.42 Å². The average molecular weight is 384 g/mol. The van der Waals surface area contributed by atoms with Gasteiger partial charge >= 0.3 is 0 Å². The Balaban J connectivity index is 1.61. The van der Waals surface area contributed by atoms with E-state index in [1.165, 1.54) is 6.26 Å². The Kier molecular flexibility index (Phi) is 3.57. The van der Waals surface area contributed by atoms with Gasteiger partial charge in [0.2, 0.25) is 10.0 Å². The highest BCUT2D eigenvalue weighted by Crippen LogP contribution is 2.45. The number of ether oxygens (including phenoxy) is 1. The lowest BCUT2D eigenvalue weighted by molar-refractivity contribution is 0.300. The predicted octanol–water partition coefficient (Wildman–Crippen LogP) is 2.43. The van der Waals surface area contributed by atoms with Gasteiger partial charge in [0.15, 0.2) is 5.65 Å². The minimum atomic E-state index is -3.24. The Hall–Kier alpha value is -2.45. The van der Waals surface area contributed by atoms with Gasteiger partial charge in [-0.3, -0.25) is 0 Å². The molecule has 8 heteroatoms. The van der Waals surface area contributed by atoms with E-state index in [1.54, 1.807) is 11.4 Å². The summed E-state index contributed by atoms with van der Waals surface area (Å²) in [5.41, 5.74) is 4.67. The van der Waals surface area contributed by atoms with Gasteiger partial charge in [-0.25, -0.2) is 17.9 Å². The molecule has 1 fully saturated rings. The third kappa shape index (κ3) is 2.55. The molecule has 0 saturated carbocycles. The molecule has 4 heterocycles. The molecule has 5 rings (SSSR count). The smallest absolute Gasteiger partial charge is 0.212 e. The summed E-state index contributed by atoms with van der Waals surface area (Å²) in [5.74, 6) is 0.801. The van der Waals surface area contributed by atoms with Crippen LogP contribution < -0.4 is 4.74 Å². The molecule has 1 aromatic carbocycles. The molecule has 140 valence electrons. The fraction of sp³-hybridized carbons (Fsp3) is 0.368. The van der Waals surface area contributed by atoms with Crippen LogP contribution in [0.25, 0.3) is 16.9 Å². The zero-order valence-electron chi connectivity index (χ0n) is 15.2. The molecular formula is C19H20N4O3S. The topological polar surface area (TPSA) is 76.8 Å². The zero-order chi connectivity index (χ0) is 18.8. The fourth-order valence-corrected chi connectivity index (χ4v) is 5.85. The third-order valence-electron chi connectivity index (χ3n) is 5.61. The summed E-state index contributed by atoms with van der Waals surface area (Å²) < 4.78 is 33.2. The summed E-state index contributed by atoms with van der Waals surface area (Å²) in [7, 11) is -1.60. The van der Waals surface area contributed by atoms with Gasteiger partial charge in [0, 0.05) is 35.9 Å². The van der Waals surface area contributed by atoms with Crippen molar-refractivity contribution in [3.05, 3.63) is 47.8 Å². The lowest BCUT2D eigenvalue weighted by atomic mass is 10.0. The van der Waals surface area contributed by atoms with Gasteiger partial charge < -0.3 is 4.74 Å². The van der Waals surface area contributed by atoms with Crippen molar-refractivity contribution in [2.24, 2.45) is 0 Å². The normalized spacial score (nSPS) is 22.1. The van der Waals surface area contributed by atoms with Gasteiger partial charge in [-0.2, -0.15) is 9.40 Å². The summed E-state index contributed by atoms with van der Waals surface area (Å²) in [6, 6.07) is 9.62. The summed E-state index contributed by atoms with van der Waals surface area (Å²) in [4.78, 5) is 4.56. The van der Waals surface area contributed by atoms with Crippen molar-refractivity contribution in [3.63, 3.8) is 0 Å². The molecule has 0 N–H and O–H groups in total. The molecule has 0 spiro atoms. The highest BCUT2D eigenvalue weighted by Gasteiger charge is 2.45. The van der Waals surface area contributed by atoms with E-state index in [0.717, 1.165) is 46.8 Å². The third-order valence-corrected chi connectivity index (χ3v) is 6.93. The first-order valence-electron chi connectivity index (χ1n) is 8.96. The molecule has 1 saturated heterocycles. The molecule has 0 radical (unpaired) electrons. The van der Waals surface area contributed by atoms with Crippen LogP contribution in [0.3, 0.4) is 0 Å². The van der Waals surface area contributed by atoms with Crippen molar-refractivity contribution in [2.45, 2.75) is 31.3 Å². The molecule has 27 heavy (non-hydrogen) atoms. The molecule has 3 aromatic rings. The van der Waals surface area contributed by atoms with Crippen molar-refractivity contribution in [1.29, 1.82) is 0 Å². The Labute approximate surface area is 157 Å². The Morgan fingerprint density at radius 1 is 1.19 bits per heavy atom. The van der Waals surface area contributed by atoms with Gasteiger partial charge in [0.1, 0.15) is 5.75 Å². The minimum Gasteiger partial charge on any atom is -0.497 e. The highest BCUT2D eigenvalue weighted by molar-refractivity contribution is 7.88. The van der Waals surface area contributed by atoms with E-state index in [2.05, 4.69) is 4.98 Å². The predicted molar refractivity (Wildman–Crippen MR) is 101 cm³/mol. The number of benzene rings is 1. The standard InChI is InChI=1S/C19H20N4O3S/c1-26-14-6-3-12(4-7-14)16-10-19-20-11-15-17-8-5-13(23(17)27(2,24)25)9-18(15)22(19)21-16/h3-4,6-7,10-11,13,17H,5,8-9H2,1-2H3/t13-,17-/m1/s1. The minimum absolute atomic E-state index is 0.0109. The van der Waals surface area contributed by atoms with E-state index in [1.807, 2.05) is 41.0 Å². The molecule has 0 amide bonds. The van der Waals surface area contributed by atoms with Crippen LogP contribution in [0.2, 0.25) is 0 Å². The van der Waals surface area contributed by atoms with E-state index in [9.17, 15) is 8.42 Å². The van der Waals surface area contributed by atoms with Gasteiger partial charge in [-0.05, 0) is 37.1 Å². The molecule has 2 atom stereocenters. The Morgan fingerprint density at radius 3 is 2.67 bits per heavy atom. The Morgan fingerprint density at radius 2 is 1.96 bits per heavy atom. The second kappa shape index (κ2) is 5.77. The molecular weight excluding hydrogens is 364 g/mol. The number of methoxy groups -OCH3 is 1. The number of sulfonamides is 1. The van der Waals surface area contributed by atoms with Crippen LogP contribution in [0, 0.1) is 0 Å². The van der Waals surface area contributed by atoms with Crippen LogP contribution in [0.4, 0.5) is 0 Å². The van der Waals surface area contributed by atoms with Crippen molar-refractivity contribution in [3.8, 4) is 17.0 Å². The second-order valence-electron chi connectivity index (χ2n) is 7.23. The summed E-state index contributed by atoms with van der Waals surface area (Å²) in [6.45, 7) is 0. The lowest BCUT2D eigenvalue weighted by Crippen LogP contribution is -2.42. The largest absolute Gasteiger partial charge is 0.497 e. The molecule has 0 aliphatic carbocycles. The zero-order valence-corrected chi connectivity index (χ0v) is 16.0. The van der Waals surface area contributed by atoms with Crippen LogP contribution >= 0.6 is 0 Å². The summed E-state index contributed by atoms with van der Waals surface area (Å²) >= 11 is 0. The number of hydrogen-bond donors (Lipinski definition) is 0. The average Bonchev–Trinajstić information content (AvgIpc) is 3.23. The monoisotopic (exact) mass is 384 g/mol. The lowest BCUT2D eigenvalue weighted by Gasteiger charge is -2.33. The molecule has 2 aromatic heterocycles. The maximum Gasteiger partial charge on any atom is 0.212 e. The first-order chi connectivity index (χ1) is 13.0. The van der Waals surface area contributed by atoms with Crippen molar-refractivity contribution < 1.29 is 13.2 Å². The summed E-state index contributed by atoms with van der Waals surface area (Å²) in [5, 5.41) is 4.78. The highest BCUT2D eigenvalue weighted by atomic mass is 32.2. The van der Waals surface area contributed by atoms with Crippen LogP contribution in [0.5, 0.6) is 5.75 Å². The number of nitrogens with zero attached hydrogens (tertiary/aromatic N) is 4. The maximum atomic E-state index is 12.2. The van der Waals surface area contributed by atoms with Gasteiger partial charge in [-0.15, -0.1) is 0 Å². The molecule has 7 nitrogen and oxygen atoms in total. The van der Waals surface area contributed by atoms with Gasteiger partial charge in [-0.1, -0.05) is 0 Å². The first-order valence-corrected chi connectivity index (χ1v) is 10.8. The first kappa shape index (κ1) is 16.7. The van der Waals surface area contributed by atoms with Crippen molar-refractivity contribution >= 4 is 15.7 Å². The second-order valence-corrected chi connectivity index (χ2v) is 9.12. The molecule has 0 unspecified atom stereocenters. The Bertz CT molecular complexity index is 1140. The molecule has 2 aliphatic rings. The van der Waals surface area contributed by atoms with Crippen molar-refractivity contribution in [1.82, 2.24) is 18.9 Å². The van der Waals surface area contributed by atoms with Gasteiger partial charge in [0.25, 0.3) is 0 Å². The van der Waals surface area contributed by atoms with Gasteiger partial charge in [0.05, 0.1) is 30.8 Å². The summed E-state index contributed by atoms with van der Waals surface area (Å²) in [6.07, 6.45) is 5.51. The number of aromatic nitrogens is 3. The van der Waals surface area contributed by atoms with Crippen LogP contribution in [0.15, 0.2) is 36.5 Å². The van der Waals surface area contributed by atoms with Crippen LogP contribution in [-0.4, -0.2) is 46.7 Å². The van der Waals surface area contributed by atoms with E-state index < -0.39 is 10.0 Å².